The molecule has 5 nitrogen and oxygen atoms in total. The molecule has 1 unspecified atom stereocenters. The van der Waals surface area contributed by atoms with Gasteiger partial charge in [0.25, 0.3) is 0 Å². The van der Waals surface area contributed by atoms with Crippen LogP contribution in [0.25, 0.3) is 0 Å². The highest BCUT2D eigenvalue weighted by atomic mass is 16.5. The van der Waals surface area contributed by atoms with E-state index in [1.807, 2.05) is 12.4 Å². The molecule has 1 aromatic rings. The monoisotopic (exact) mass is 294 g/mol. The Bertz CT molecular complexity index is 424. The largest absolute Gasteiger partial charge is 0.379 e. The molecule has 1 saturated heterocycles. The number of ether oxygens (including phenoxy) is 1. The standard InChI is InChI=1S/C16H30N4O/c1-5-6-17-14(13-15-18-7-8-19(15)4)16(2,3)20-9-11-21-12-10-20/h7-8,14,17H,5-6,9-13H2,1-4H3. The van der Waals surface area contributed by atoms with E-state index in [1.54, 1.807) is 0 Å². The first-order valence-electron chi connectivity index (χ1n) is 8.08. The molecule has 0 aromatic carbocycles. The minimum Gasteiger partial charge on any atom is -0.379 e. The van der Waals surface area contributed by atoms with E-state index in [0.717, 1.165) is 51.5 Å². The fourth-order valence-corrected chi connectivity index (χ4v) is 3.03. The van der Waals surface area contributed by atoms with Gasteiger partial charge in [-0.15, -0.1) is 0 Å². The Morgan fingerprint density at radius 2 is 2.10 bits per heavy atom. The Kier molecular flexibility index (Phi) is 5.79. The van der Waals surface area contributed by atoms with Gasteiger partial charge in [-0.2, -0.15) is 0 Å². The van der Waals surface area contributed by atoms with Gasteiger partial charge in [0, 0.05) is 50.5 Å². The lowest BCUT2D eigenvalue weighted by Gasteiger charge is -2.46. The van der Waals surface area contributed by atoms with Gasteiger partial charge < -0.3 is 14.6 Å². The van der Waals surface area contributed by atoms with E-state index in [9.17, 15) is 0 Å². The summed E-state index contributed by atoms with van der Waals surface area (Å²) < 4.78 is 7.62. The number of imidazole rings is 1. The Balaban J connectivity index is 2.11. The molecular weight excluding hydrogens is 264 g/mol. The van der Waals surface area contributed by atoms with Crippen LogP contribution in [0, 0.1) is 0 Å². The van der Waals surface area contributed by atoms with E-state index in [4.69, 9.17) is 4.74 Å². The van der Waals surface area contributed by atoms with Gasteiger partial charge in [-0.05, 0) is 26.8 Å². The highest BCUT2D eigenvalue weighted by Gasteiger charge is 2.36. The second-order valence-corrected chi connectivity index (χ2v) is 6.42. The molecule has 1 aliphatic heterocycles. The number of aryl methyl sites for hydroxylation is 1. The molecule has 0 aliphatic carbocycles. The predicted molar refractivity (Wildman–Crippen MR) is 85.5 cm³/mol. The molecule has 120 valence electrons. The van der Waals surface area contributed by atoms with E-state index in [0.29, 0.717) is 6.04 Å². The molecule has 21 heavy (non-hydrogen) atoms. The molecule has 1 fully saturated rings. The fraction of sp³-hybridized carbons (Fsp3) is 0.812. The highest BCUT2D eigenvalue weighted by molar-refractivity contribution is 5.02. The topological polar surface area (TPSA) is 42.3 Å². The van der Waals surface area contributed by atoms with Crippen LogP contribution in [-0.4, -0.2) is 58.9 Å². The minimum absolute atomic E-state index is 0.0882. The number of aromatic nitrogens is 2. The summed E-state index contributed by atoms with van der Waals surface area (Å²) in [7, 11) is 2.07. The van der Waals surface area contributed by atoms with Gasteiger partial charge in [0.2, 0.25) is 0 Å². The Morgan fingerprint density at radius 1 is 1.38 bits per heavy atom. The fourth-order valence-electron chi connectivity index (χ4n) is 3.03. The summed E-state index contributed by atoms with van der Waals surface area (Å²) in [6, 6.07) is 0.386. The maximum Gasteiger partial charge on any atom is 0.109 e. The molecule has 0 saturated carbocycles. The van der Waals surface area contributed by atoms with Crippen molar-refractivity contribution in [3.05, 3.63) is 18.2 Å². The van der Waals surface area contributed by atoms with Gasteiger partial charge in [-0.25, -0.2) is 4.98 Å². The van der Waals surface area contributed by atoms with Crippen molar-refractivity contribution >= 4 is 0 Å². The zero-order valence-corrected chi connectivity index (χ0v) is 13.9. The highest BCUT2D eigenvalue weighted by Crippen LogP contribution is 2.23. The first kappa shape index (κ1) is 16.5. The van der Waals surface area contributed by atoms with Crippen molar-refractivity contribution in [3.63, 3.8) is 0 Å². The van der Waals surface area contributed by atoms with Crippen molar-refractivity contribution in [1.29, 1.82) is 0 Å². The van der Waals surface area contributed by atoms with Crippen molar-refractivity contribution in [2.45, 2.75) is 45.2 Å². The smallest absolute Gasteiger partial charge is 0.109 e. The molecule has 2 rings (SSSR count). The van der Waals surface area contributed by atoms with Crippen molar-refractivity contribution in [2.75, 3.05) is 32.8 Å². The summed E-state index contributed by atoms with van der Waals surface area (Å²) in [5, 5.41) is 3.74. The maximum absolute atomic E-state index is 5.50. The molecule has 5 heteroatoms. The predicted octanol–water partition coefficient (Wildman–Crippen LogP) is 1.44. The van der Waals surface area contributed by atoms with Crippen molar-refractivity contribution in [3.8, 4) is 0 Å². The second kappa shape index (κ2) is 7.38. The van der Waals surface area contributed by atoms with E-state index in [2.05, 4.69) is 47.6 Å². The first-order chi connectivity index (χ1) is 10.1. The molecule has 0 spiro atoms. The van der Waals surface area contributed by atoms with E-state index >= 15 is 0 Å². The molecule has 0 bridgehead atoms. The minimum atomic E-state index is 0.0882. The van der Waals surface area contributed by atoms with Gasteiger partial charge >= 0.3 is 0 Å². The SMILES string of the molecule is CCCNC(Cc1nccn1C)C(C)(C)N1CCOCC1. The molecule has 1 aliphatic rings. The number of hydrogen-bond acceptors (Lipinski definition) is 4. The molecular formula is C16H30N4O. The van der Waals surface area contributed by atoms with Crippen LogP contribution in [0.4, 0.5) is 0 Å². The van der Waals surface area contributed by atoms with Crippen LogP contribution >= 0.6 is 0 Å². The molecule has 1 N–H and O–H groups in total. The van der Waals surface area contributed by atoms with Crippen LogP contribution in [0.3, 0.4) is 0 Å². The second-order valence-electron chi connectivity index (χ2n) is 6.42. The zero-order valence-electron chi connectivity index (χ0n) is 13.9. The van der Waals surface area contributed by atoms with E-state index in [1.165, 1.54) is 0 Å². The van der Waals surface area contributed by atoms with Gasteiger partial charge in [0.15, 0.2) is 0 Å². The third kappa shape index (κ3) is 4.05. The third-order valence-corrected chi connectivity index (χ3v) is 4.63. The van der Waals surface area contributed by atoms with E-state index < -0.39 is 0 Å². The summed E-state index contributed by atoms with van der Waals surface area (Å²) >= 11 is 0. The van der Waals surface area contributed by atoms with Gasteiger partial charge in [-0.3, -0.25) is 4.90 Å². The summed E-state index contributed by atoms with van der Waals surface area (Å²) in [5.41, 5.74) is 0.0882. The van der Waals surface area contributed by atoms with Gasteiger partial charge in [0.05, 0.1) is 13.2 Å². The molecule has 1 atom stereocenters. The summed E-state index contributed by atoms with van der Waals surface area (Å²) in [4.78, 5) is 7.05. The molecule has 1 aromatic heterocycles. The summed E-state index contributed by atoms with van der Waals surface area (Å²) in [5.74, 6) is 1.14. The number of rotatable bonds is 7. The molecule has 0 amide bonds. The number of hydrogen-bond donors (Lipinski definition) is 1. The van der Waals surface area contributed by atoms with Crippen molar-refractivity contribution < 1.29 is 4.74 Å². The lowest BCUT2D eigenvalue weighted by molar-refractivity contribution is -0.0235. The molecule has 2 heterocycles. The lowest BCUT2D eigenvalue weighted by Crippen LogP contribution is -2.61. The van der Waals surface area contributed by atoms with Gasteiger partial charge in [-0.1, -0.05) is 6.92 Å². The zero-order chi connectivity index (χ0) is 15.3. The summed E-state index contributed by atoms with van der Waals surface area (Å²) in [6.45, 7) is 11.6. The van der Waals surface area contributed by atoms with Crippen LogP contribution in [-0.2, 0) is 18.2 Å². The number of nitrogens with one attached hydrogen (secondary N) is 1. The van der Waals surface area contributed by atoms with Crippen LogP contribution in [0.2, 0.25) is 0 Å². The van der Waals surface area contributed by atoms with E-state index in [-0.39, 0.29) is 5.54 Å². The Morgan fingerprint density at radius 3 is 2.67 bits per heavy atom. The van der Waals surface area contributed by atoms with Crippen LogP contribution in [0.1, 0.15) is 33.0 Å². The average molecular weight is 294 g/mol. The quantitative estimate of drug-likeness (QED) is 0.826. The first-order valence-corrected chi connectivity index (χ1v) is 8.08. The normalized spacial score (nSPS) is 18.9. The summed E-state index contributed by atoms with van der Waals surface area (Å²) in [6.07, 6.45) is 6.01. The van der Waals surface area contributed by atoms with Gasteiger partial charge in [0.1, 0.15) is 5.82 Å². The maximum atomic E-state index is 5.50. The van der Waals surface area contributed by atoms with Crippen LogP contribution in [0.15, 0.2) is 12.4 Å². The van der Waals surface area contributed by atoms with Crippen LogP contribution in [0.5, 0.6) is 0 Å². The van der Waals surface area contributed by atoms with Crippen LogP contribution < -0.4 is 5.32 Å². The van der Waals surface area contributed by atoms with Crippen molar-refractivity contribution in [1.82, 2.24) is 19.8 Å². The number of nitrogens with zero attached hydrogens (tertiary/aromatic N) is 3. The molecule has 0 radical (unpaired) electrons. The number of morpholine rings is 1. The lowest BCUT2D eigenvalue weighted by atomic mass is 9.89. The van der Waals surface area contributed by atoms with Crippen molar-refractivity contribution in [2.24, 2.45) is 7.05 Å². The third-order valence-electron chi connectivity index (χ3n) is 4.63. The average Bonchev–Trinajstić information content (AvgIpc) is 2.89. The Hall–Kier alpha value is -0.910. The Labute approximate surface area is 128 Å².